The molecule has 0 fully saturated rings. The van der Waals surface area contributed by atoms with Crippen molar-refractivity contribution in [3.8, 4) is 0 Å². The van der Waals surface area contributed by atoms with E-state index in [0.29, 0.717) is 0 Å². The molecular weight excluding hydrogens is 144 g/mol. The molecule has 2 atom stereocenters. The van der Waals surface area contributed by atoms with Crippen LogP contribution in [0.4, 0.5) is 0 Å². The van der Waals surface area contributed by atoms with Gasteiger partial charge >= 0.3 is 5.97 Å². The molecular formula is C4H8O6. The molecule has 0 aliphatic heterocycles. The van der Waals surface area contributed by atoms with E-state index in [4.69, 9.17) is 25.5 Å². The van der Waals surface area contributed by atoms with Crippen molar-refractivity contribution < 1.29 is 30.3 Å². The lowest BCUT2D eigenvalue weighted by Gasteiger charge is -2.14. The van der Waals surface area contributed by atoms with Crippen molar-refractivity contribution >= 4 is 5.97 Å². The summed E-state index contributed by atoms with van der Waals surface area (Å²) in [5, 5.41) is 41.0. The van der Waals surface area contributed by atoms with Crippen LogP contribution in [0.5, 0.6) is 0 Å². The number of carboxylic acid groups (broad SMARTS) is 1. The SMILES string of the molecule is O=C(O)[C@H](O)[C@@H](O)C(O)O. The maximum atomic E-state index is 9.81. The second-order valence-corrected chi connectivity index (χ2v) is 1.69. The van der Waals surface area contributed by atoms with Crippen LogP contribution in [0.3, 0.4) is 0 Å². The Hall–Kier alpha value is -0.690. The first kappa shape index (κ1) is 9.31. The zero-order valence-corrected chi connectivity index (χ0v) is 4.88. The second kappa shape index (κ2) is 3.47. The van der Waals surface area contributed by atoms with Gasteiger partial charge < -0.3 is 25.5 Å². The number of hydrogen-bond donors (Lipinski definition) is 5. The molecule has 0 unspecified atom stereocenters. The van der Waals surface area contributed by atoms with E-state index in [0.717, 1.165) is 0 Å². The minimum absolute atomic E-state index is 1.71. The highest BCUT2D eigenvalue weighted by Gasteiger charge is 2.28. The monoisotopic (exact) mass is 152 g/mol. The average Bonchev–Trinajstić information content (AvgIpc) is 1.84. The van der Waals surface area contributed by atoms with Gasteiger partial charge in [0.2, 0.25) is 0 Å². The van der Waals surface area contributed by atoms with Gasteiger partial charge in [0.1, 0.15) is 6.10 Å². The van der Waals surface area contributed by atoms with Gasteiger partial charge in [-0.05, 0) is 0 Å². The van der Waals surface area contributed by atoms with E-state index in [1.165, 1.54) is 0 Å². The zero-order valence-electron chi connectivity index (χ0n) is 4.88. The molecule has 6 heteroatoms. The summed E-state index contributed by atoms with van der Waals surface area (Å²) >= 11 is 0. The van der Waals surface area contributed by atoms with Crippen LogP contribution in [0.15, 0.2) is 0 Å². The lowest BCUT2D eigenvalue weighted by Crippen LogP contribution is -2.41. The van der Waals surface area contributed by atoms with E-state index in [-0.39, 0.29) is 0 Å². The first-order valence-electron chi connectivity index (χ1n) is 2.42. The van der Waals surface area contributed by atoms with Crippen LogP contribution in [-0.2, 0) is 4.79 Å². The number of aliphatic hydroxyl groups is 4. The molecule has 0 amide bonds. The van der Waals surface area contributed by atoms with Gasteiger partial charge in [-0.2, -0.15) is 0 Å². The Bertz CT molecular complexity index is 121. The van der Waals surface area contributed by atoms with Crippen LogP contribution in [0.1, 0.15) is 0 Å². The molecule has 0 aliphatic rings. The molecule has 0 saturated heterocycles. The largest absolute Gasteiger partial charge is 0.479 e. The van der Waals surface area contributed by atoms with Gasteiger partial charge in [-0.25, -0.2) is 4.79 Å². The van der Waals surface area contributed by atoms with Crippen molar-refractivity contribution in [1.82, 2.24) is 0 Å². The normalized spacial score (nSPS) is 16.9. The maximum Gasteiger partial charge on any atom is 0.335 e. The zero-order chi connectivity index (χ0) is 8.31. The Morgan fingerprint density at radius 1 is 1.10 bits per heavy atom. The molecule has 10 heavy (non-hydrogen) atoms. The molecule has 0 aromatic carbocycles. The number of carbonyl (C=O) groups is 1. The predicted molar refractivity (Wildman–Crippen MR) is 27.9 cm³/mol. The third-order valence-corrected chi connectivity index (χ3v) is 0.882. The molecule has 0 aromatic rings. The average molecular weight is 152 g/mol. The molecule has 0 bridgehead atoms. The Kier molecular flexibility index (Phi) is 3.23. The lowest BCUT2D eigenvalue weighted by molar-refractivity contribution is -0.180. The number of carboxylic acids is 1. The molecule has 0 rings (SSSR count). The molecule has 0 heterocycles. The van der Waals surface area contributed by atoms with Crippen molar-refractivity contribution in [3.05, 3.63) is 0 Å². The highest BCUT2D eigenvalue weighted by molar-refractivity contribution is 5.72. The molecule has 6 nitrogen and oxygen atoms in total. The highest BCUT2D eigenvalue weighted by Crippen LogP contribution is 1.96. The highest BCUT2D eigenvalue weighted by atomic mass is 16.5. The summed E-state index contributed by atoms with van der Waals surface area (Å²) in [6, 6.07) is 0. The third kappa shape index (κ3) is 2.28. The van der Waals surface area contributed by atoms with Gasteiger partial charge in [0.25, 0.3) is 0 Å². The van der Waals surface area contributed by atoms with Crippen molar-refractivity contribution in [2.24, 2.45) is 0 Å². The van der Waals surface area contributed by atoms with Crippen LogP contribution in [0.25, 0.3) is 0 Å². The molecule has 0 aliphatic carbocycles. The van der Waals surface area contributed by atoms with E-state index in [9.17, 15) is 4.79 Å². The topological polar surface area (TPSA) is 118 Å². The molecule has 0 saturated carbocycles. The minimum atomic E-state index is -2.24. The molecule has 0 spiro atoms. The predicted octanol–water partition coefficient (Wildman–Crippen LogP) is -2.90. The van der Waals surface area contributed by atoms with Gasteiger partial charge in [0, 0.05) is 0 Å². The summed E-state index contributed by atoms with van der Waals surface area (Å²) in [4.78, 5) is 9.81. The lowest BCUT2D eigenvalue weighted by atomic mass is 10.2. The summed E-state index contributed by atoms with van der Waals surface area (Å²) in [5.74, 6) is -1.71. The van der Waals surface area contributed by atoms with Crippen LogP contribution < -0.4 is 0 Å². The van der Waals surface area contributed by atoms with E-state index >= 15 is 0 Å². The first-order chi connectivity index (χ1) is 4.46. The number of aliphatic carboxylic acids is 1. The van der Waals surface area contributed by atoms with Crippen molar-refractivity contribution in [1.29, 1.82) is 0 Å². The van der Waals surface area contributed by atoms with Gasteiger partial charge in [0.05, 0.1) is 0 Å². The summed E-state index contributed by atoms with van der Waals surface area (Å²) in [5.41, 5.74) is 0. The van der Waals surface area contributed by atoms with E-state index in [1.807, 2.05) is 0 Å². The molecule has 5 N–H and O–H groups in total. The van der Waals surface area contributed by atoms with E-state index in [2.05, 4.69) is 0 Å². The van der Waals surface area contributed by atoms with Gasteiger partial charge in [-0.3, -0.25) is 0 Å². The fraction of sp³-hybridized carbons (Fsp3) is 0.750. The Balaban J connectivity index is 3.94. The molecule has 0 radical (unpaired) electrons. The molecule has 60 valence electrons. The number of hydrogen-bond acceptors (Lipinski definition) is 5. The van der Waals surface area contributed by atoms with Crippen molar-refractivity contribution in [2.45, 2.75) is 18.5 Å². The quantitative estimate of drug-likeness (QED) is 0.277. The maximum absolute atomic E-state index is 9.81. The van der Waals surface area contributed by atoms with Crippen LogP contribution in [-0.4, -0.2) is 50.0 Å². The smallest absolute Gasteiger partial charge is 0.335 e. The summed E-state index contributed by atoms with van der Waals surface area (Å²) in [7, 11) is 0. The van der Waals surface area contributed by atoms with E-state index in [1.54, 1.807) is 0 Å². The minimum Gasteiger partial charge on any atom is -0.479 e. The van der Waals surface area contributed by atoms with Crippen LogP contribution in [0, 0.1) is 0 Å². The second-order valence-electron chi connectivity index (χ2n) is 1.69. The summed E-state index contributed by atoms with van der Waals surface area (Å²) in [6.07, 6.45) is -6.48. The van der Waals surface area contributed by atoms with Crippen molar-refractivity contribution in [3.63, 3.8) is 0 Å². The Morgan fingerprint density at radius 2 is 1.50 bits per heavy atom. The standard InChI is InChI=1S/C4H8O6/c5-1(3(7)8)2(6)4(9)10/h1-3,5-8H,(H,9,10)/t1-,2-/m1/s1. The number of rotatable bonds is 3. The van der Waals surface area contributed by atoms with Crippen molar-refractivity contribution in [2.75, 3.05) is 0 Å². The van der Waals surface area contributed by atoms with Crippen LogP contribution in [0.2, 0.25) is 0 Å². The Morgan fingerprint density at radius 3 is 1.60 bits per heavy atom. The van der Waals surface area contributed by atoms with E-state index < -0.39 is 24.5 Å². The molecule has 0 aromatic heterocycles. The Labute approximate surface area is 56.0 Å². The summed E-state index contributed by atoms with van der Waals surface area (Å²) < 4.78 is 0. The number of aliphatic hydroxyl groups excluding tert-OH is 3. The van der Waals surface area contributed by atoms with Gasteiger partial charge in [-0.1, -0.05) is 0 Å². The van der Waals surface area contributed by atoms with Crippen LogP contribution >= 0.6 is 0 Å². The summed E-state index contributed by atoms with van der Waals surface area (Å²) in [6.45, 7) is 0. The van der Waals surface area contributed by atoms with Gasteiger partial charge in [-0.15, -0.1) is 0 Å². The first-order valence-corrected chi connectivity index (χ1v) is 2.42. The fourth-order valence-electron chi connectivity index (χ4n) is 0.309. The third-order valence-electron chi connectivity index (χ3n) is 0.882. The van der Waals surface area contributed by atoms with Gasteiger partial charge in [0.15, 0.2) is 12.4 Å². The fourth-order valence-corrected chi connectivity index (χ4v) is 0.309.